The summed E-state index contributed by atoms with van der Waals surface area (Å²) in [5, 5.41) is 12.0. The second-order valence-electron chi connectivity index (χ2n) is 4.64. The Morgan fingerprint density at radius 3 is 1.91 bits per heavy atom. The average Bonchev–Trinajstić information content (AvgIpc) is 3.00. The molecule has 0 saturated heterocycles. The van der Waals surface area contributed by atoms with E-state index in [1.165, 1.54) is 5.57 Å². The maximum Gasteiger partial charge on any atom is 4.00 e. The molecular formula is C18H37HfN3. The van der Waals surface area contributed by atoms with Crippen LogP contribution in [-0.4, -0.2) is 39.8 Å². The van der Waals surface area contributed by atoms with Crippen molar-refractivity contribution in [1.82, 2.24) is 0 Å². The van der Waals surface area contributed by atoms with Crippen molar-refractivity contribution in [2.75, 3.05) is 33.7 Å². The van der Waals surface area contributed by atoms with E-state index in [1.54, 1.807) is 14.1 Å². The molecule has 0 amide bonds. The summed E-state index contributed by atoms with van der Waals surface area (Å²) in [6.07, 6.45) is 10.0. The Bertz CT molecular complexity index is 232. The Morgan fingerprint density at radius 1 is 1.09 bits per heavy atom. The van der Waals surface area contributed by atoms with Crippen LogP contribution in [0.2, 0.25) is 0 Å². The van der Waals surface area contributed by atoms with Crippen molar-refractivity contribution < 1.29 is 25.8 Å². The molecule has 0 aromatic rings. The third-order valence-electron chi connectivity index (χ3n) is 2.95. The molecule has 0 saturated carbocycles. The molecule has 3 nitrogen and oxygen atoms in total. The minimum absolute atomic E-state index is 0. The number of rotatable bonds is 7. The molecule has 128 valence electrons. The monoisotopic (exact) mass is 475 g/mol. The van der Waals surface area contributed by atoms with Gasteiger partial charge in [-0.25, -0.2) is 0 Å². The zero-order valence-electron chi connectivity index (χ0n) is 15.9. The van der Waals surface area contributed by atoms with E-state index in [0.29, 0.717) is 6.04 Å². The zero-order valence-corrected chi connectivity index (χ0v) is 19.5. The molecule has 0 aliphatic heterocycles. The van der Waals surface area contributed by atoms with E-state index >= 15 is 0 Å². The maximum absolute atomic E-state index is 4.54. The van der Waals surface area contributed by atoms with Crippen LogP contribution in [0.4, 0.5) is 0 Å². The summed E-state index contributed by atoms with van der Waals surface area (Å²) in [6.45, 7) is 11.3. The first-order valence-electron chi connectivity index (χ1n) is 7.78. The summed E-state index contributed by atoms with van der Waals surface area (Å²) in [4.78, 5) is 0. The summed E-state index contributed by atoms with van der Waals surface area (Å²) in [7, 11) is 3.61. The number of allylic oxidation sites excluding steroid dienone is 3. The SMILES string of the molecule is CCC(C)[N-]CCC1=CC=CC1.CC[N-]C.CC[N-]C.[CH3-].[Hf+4]. The van der Waals surface area contributed by atoms with E-state index in [9.17, 15) is 0 Å². The van der Waals surface area contributed by atoms with Crippen molar-refractivity contribution >= 4 is 0 Å². The predicted molar refractivity (Wildman–Crippen MR) is 100 cm³/mol. The third kappa shape index (κ3) is 25.2. The van der Waals surface area contributed by atoms with E-state index in [-0.39, 0.29) is 33.3 Å². The largest absolute Gasteiger partial charge is 4.00 e. The van der Waals surface area contributed by atoms with Gasteiger partial charge in [-0.15, -0.1) is 12.6 Å². The van der Waals surface area contributed by atoms with Gasteiger partial charge in [0, 0.05) is 0 Å². The molecule has 0 fully saturated rings. The van der Waals surface area contributed by atoms with Crippen LogP contribution in [0, 0.1) is 7.43 Å². The molecule has 0 N–H and O–H groups in total. The molecule has 0 aromatic heterocycles. The Balaban J connectivity index is -0.000000138. The van der Waals surface area contributed by atoms with Gasteiger partial charge in [-0.05, 0) is 6.42 Å². The van der Waals surface area contributed by atoms with Crippen LogP contribution in [0.15, 0.2) is 23.8 Å². The van der Waals surface area contributed by atoms with Crippen molar-refractivity contribution in [2.24, 2.45) is 0 Å². The van der Waals surface area contributed by atoms with Gasteiger partial charge in [0.05, 0.1) is 0 Å². The Hall–Kier alpha value is 0.230. The molecule has 0 heterocycles. The Labute approximate surface area is 159 Å². The number of hydrogen-bond acceptors (Lipinski definition) is 0. The number of nitrogens with zero attached hydrogens (tertiary/aromatic N) is 3. The number of hydrogen-bond donors (Lipinski definition) is 0. The van der Waals surface area contributed by atoms with Crippen LogP contribution in [0.5, 0.6) is 0 Å². The first-order valence-corrected chi connectivity index (χ1v) is 7.78. The third-order valence-corrected chi connectivity index (χ3v) is 2.95. The van der Waals surface area contributed by atoms with Crippen LogP contribution in [0.3, 0.4) is 0 Å². The second kappa shape index (κ2) is 26.1. The Kier molecular flexibility index (Phi) is 35.8. The zero-order chi connectivity index (χ0) is 15.6. The summed E-state index contributed by atoms with van der Waals surface area (Å²) in [5.74, 6) is 0. The first-order chi connectivity index (χ1) is 9.65. The molecule has 1 unspecified atom stereocenters. The van der Waals surface area contributed by atoms with Crippen LogP contribution < -0.4 is 0 Å². The van der Waals surface area contributed by atoms with Gasteiger partial charge in [-0.1, -0.05) is 64.3 Å². The molecule has 1 aliphatic carbocycles. The average molecular weight is 474 g/mol. The fourth-order valence-electron chi connectivity index (χ4n) is 1.23. The minimum Gasteiger partial charge on any atom is -0.665 e. The van der Waals surface area contributed by atoms with Crippen molar-refractivity contribution in [1.29, 1.82) is 0 Å². The van der Waals surface area contributed by atoms with Crippen LogP contribution in [0.1, 0.15) is 47.0 Å². The van der Waals surface area contributed by atoms with Crippen LogP contribution in [-0.2, 0) is 25.8 Å². The molecule has 1 atom stereocenters. The van der Waals surface area contributed by atoms with E-state index in [1.807, 2.05) is 13.8 Å². The van der Waals surface area contributed by atoms with Gasteiger partial charge in [0.15, 0.2) is 0 Å². The molecular weight excluding hydrogens is 437 g/mol. The van der Waals surface area contributed by atoms with Gasteiger partial charge in [0.2, 0.25) is 0 Å². The van der Waals surface area contributed by atoms with Crippen LogP contribution >= 0.6 is 0 Å². The molecule has 0 radical (unpaired) electrons. The molecule has 1 rings (SSSR count). The smallest absolute Gasteiger partial charge is 0.665 e. The normalized spacial score (nSPS) is 12.5. The standard InChI is InChI=1S/C11H18N.2C3H8N.CH3.Hf/c1-3-10(2)12-9-8-11-6-4-5-7-11;2*1-3-4-2;;/h4-6,10H,3,7-9H2,1-2H3;2*3H2,1-2H3;1H3;/q4*-1;+4. The summed E-state index contributed by atoms with van der Waals surface area (Å²) < 4.78 is 0. The van der Waals surface area contributed by atoms with E-state index in [2.05, 4.69) is 48.0 Å². The maximum atomic E-state index is 4.54. The van der Waals surface area contributed by atoms with Gasteiger partial charge < -0.3 is 23.4 Å². The van der Waals surface area contributed by atoms with Gasteiger partial charge >= 0.3 is 25.8 Å². The summed E-state index contributed by atoms with van der Waals surface area (Å²) >= 11 is 0. The van der Waals surface area contributed by atoms with Gasteiger partial charge in [-0.2, -0.15) is 27.2 Å². The van der Waals surface area contributed by atoms with Gasteiger partial charge in [0.25, 0.3) is 0 Å². The molecule has 0 aromatic carbocycles. The topological polar surface area (TPSA) is 42.3 Å². The predicted octanol–water partition coefficient (Wildman–Crippen LogP) is 5.90. The quantitative estimate of drug-likeness (QED) is 0.326. The fraction of sp³-hybridized carbons (Fsp3) is 0.722. The van der Waals surface area contributed by atoms with Gasteiger partial charge in [-0.3, -0.25) is 0 Å². The van der Waals surface area contributed by atoms with Gasteiger partial charge in [0.1, 0.15) is 0 Å². The van der Waals surface area contributed by atoms with Crippen molar-refractivity contribution in [3.05, 3.63) is 47.2 Å². The molecule has 22 heavy (non-hydrogen) atoms. The molecule has 0 bridgehead atoms. The summed E-state index contributed by atoms with van der Waals surface area (Å²) in [5.41, 5.74) is 1.53. The molecule has 1 aliphatic rings. The first kappa shape index (κ1) is 30.1. The molecule has 4 heteroatoms. The minimum atomic E-state index is 0. The summed E-state index contributed by atoms with van der Waals surface area (Å²) in [6, 6.07) is 0.542. The van der Waals surface area contributed by atoms with Crippen molar-refractivity contribution in [3.8, 4) is 0 Å². The second-order valence-corrected chi connectivity index (χ2v) is 4.64. The van der Waals surface area contributed by atoms with E-state index < -0.39 is 0 Å². The van der Waals surface area contributed by atoms with Crippen LogP contribution in [0.25, 0.3) is 16.0 Å². The van der Waals surface area contributed by atoms with E-state index in [0.717, 1.165) is 38.9 Å². The van der Waals surface area contributed by atoms with Crippen molar-refractivity contribution in [3.63, 3.8) is 0 Å². The van der Waals surface area contributed by atoms with E-state index in [4.69, 9.17) is 0 Å². The molecule has 0 spiro atoms. The van der Waals surface area contributed by atoms with Crippen molar-refractivity contribution in [2.45, 2.75) is 53.0 Å². The Morgan fingerprint density at radius 2 is 1.59 bits per heavy atom. The fourth-order valence-corrected chi connectivity index (χ4v) is 1.23.